The number of halogens is 2. The van der Waals surface area contributed by atoms with Crippen molar-refractivity contribution in [3.05, 3.63) is 36.0 Å². The van der Waals surface area contributed by atoms with Crippen molar-refractivity contribution in [3.63, 3.8) is 0 Å². The van der Waals surface area contributed by atoms with Crippen molar-refractivity contribution in [2.24, 2.45) is 5.92 Å². The number of rotatable bonds is 7. The summed E-state index contributed by atoms with van der Waals surface area (Å²) in [6, 6.07) is 9.46. The number of alkyl halides is 2. The maximum absolute atomic E-state index is 12.3. The fourth-order valence-electron chi connectivity index (χ4n) is 2.05. The summed E-state index contributed by atoms with van der Waals surface area (Å²) < 4.78 is 29.9. The van der Waals surface area contributed by atoms with Gasteiger partial charge in [0, 0.05) is 11.9 Å². The SMILES string of the molecule is CC(C)CNCc1cc2ccccc2c(OCC(F)F)n1. The third-order valence-electron chi connectivity index (χ3n) is 2.96. The highest BCUT2D eigenvalue weighted by Gasteiger charge is 2.10. The lowest BCUT2D eigenvalue weighted by Crippen LogP contribution is -2.20. The van der Waals surface area contributed by atoms with Crippen LogP contribution in [0.1, 0.15) is 19.5 Å². The molecule has 0 aliphatic rings. The topological polar surface area (TPSA) is 34.1 Å². The summed E-state index contributed by atoms with van der Waals surface area (Å²) in [5.74, 6) is 0.815. The number of nitrogens with one attached hydrogen (secondary N) is 1. The van der Waals surface area contributed by atoms with Gasteiger partial charge in [0.2, 0.25) is 5.88 Å². The van der Waals surface area contributed by atoms with Crippen LogP contribution in [0.25, 0.3) is 10.8 Å². The van der Waals surface area contributed by atoms with Gasteiger partial charge in [-0.1, -0.05) is 32.0 Å². The minimum Gasteiger partial charge on any atom is -0.471 e. The van der Waals surface area contributed by atoms with E-state index in [4.69, 9.17) is 4.74 Å². The minimum atomic E-state index is -2.51. The predicted molar refractivity (Wildman–Crippen MR) is 79.8 cm³/mol. The molecule has 0 bridgehead atoms. The lowest BCUT2D eigenvalue weighted by Gasteiger charge is -2.12. The molecule has 3 nitrogen and oxygen atoms in total. The van der Waals surface area contributed by atoms with Crippen LogP contribution in [0.15, 0.2) is 30.3 Å². The van der Waals surface area contributed by atoms with E-state index in [9.17, 15) is 8.78 Å². The molecule has 0 radical (unpaired) electrons. The average molecular weight is 294 g/mol. The first kappa shape index (κ1) is 15.6. The summed E-state index contributed by atoms with van der Waals surface area (Å²) in [7, 11) is 0. The number of hydrogen-bond acceptors (Lipinski definition) is 3. The van der Waals surface area contributed by atoms with E-state index < -0.39 is 13.0 Å². The first-order valence-corrected chi connectivity index (χ1v) is 7.06. The van der Waals surface area contributed by atoms with Gasteiger partial charge in [-0.3, -0.25) is 0 Å². The molecule has 0 saturated heterocycles. The molecule has 0 aliphatic heterocycles. The molecule has 5 heteroatoms. The van der Waals surface area contributed by atoms with Crippen molar-refractivity contribution in [2.45, 2.75) is 26.8 Å². The minimum absolute atomic E-state index is 0.273. The summed E-state index contributed by atoms with van der Waals surface area (Å²) in [4.78, 5) is 4.35. The number of ether oxygens (including phenoxy) is 1. The van der Waals surface area contributed by atoms with Crippen LogP contribution in [0.5, 0.6) is 5.88 Å². The first-order valence-electron chi connectivity index (χ1n) is 7.06. The Kier molecular flexibility index (Phi) is 5.44. The molecule has 114 valence electrons. The second kappa shape index (κ2) is 7.31. The Hall–Kier alpha value is -1.75. The average Bonchev–Trinajstić information content (AvgIpc) is 2.44. The Balaban J connectivity index is 2.22. The van der Waals surface area contributed by atoms with Crippen LogP contribution in [-0.4, -0.2) is 24.6 Å². The Morgan fingerprint density at radius 3 is 2.71 bits per heavy atom. The molecule has 1 aromatic carbocycles. The van der Waals surface area contributed by atoms with E-state index in [0.717, 1.165) is 23.0 Å². The van der Waals surface area contributed by atoms with Gasteiger partial charge in [0.25, 0.3) is 6.43 Å². The van der Waals surface area contributed by atoms with Gasteiger partial charge in [-0.05, 0) is 30.0 Å². The third kappa shape index (κ3) is 4.63. The van der Waals surface area contributed by atoms with Crippen LogP contribution in [0, 0.1) is 5.92 Å². The molecule has 0 amide bonds. The normalized spacial score (nSPS) is 11.5. The van der Waals surface area contributed by atoms with Gasteiger partial charge in [0.15, 0.2) is 6.61 Å². The van der Waals surface area contributed by atoms with Gasteiger partial charge >= 0.3 is 0 Å². The highest BCUT2D eigenvalue weighted by Crippen LogP contribution is 2.24. The van der Waals surface area contributed by atoms with Gasteiger partial charge in [0.05, 0.1) is 5.69 Å². The summed E-state index contributed by atoms with van der Waals surface area (Å²) in [5.41, 5.74) is 0.790. The van der Waals surface area contributed by atoms with Gasteiger partial charge in [-0.2, -0.15) is 0 Å². The van der Waals surface area contributed by atoms with E-state index >= 15 is 0 Å². The molecule has 2 rings (SSSR count). The quantitative estimate of drug-likeness (QED) is 0.847. The molecule has 0 saturated carbocycles. The van der Waals surface area contributed by atoms with Crippen LogP contribution >= 0.6 is 0 Å². The van der Waals surface area contributed by atoms with Gasteiger partial charge in [-0.15, -0.1) is 0 Å². The monoisotopic (exact) mass is 294 g/mol. The first-order chi connectivity index (χ1) is 10.1. The number of fused-ring (bicyclic) bond motifs is 1. The summed E-state index contributed by atoms with van der Waals surface area (Å²) in [5, 5.41) is 4.99. The Labute approximate surface area is 123 Å². The Morgan fingerprint density at radius 1 is 1.24 bits per heavy atom. The molecule has 0 aliphatic carbocycles. The lowest BCUT2D eigenvalue weighted by atomic mass is 10.1. The second-order valence-corrected chi connectivity index (χ2v) is 5.37. The van der Waals surface area contributed by atoms with Crippen molar-refractivity contribution in [1.82, 2.24) is 10.3 Å². The van der Waals surface area contributed by atoms with Crippen molar-refractivity contribution in [2.75, 3.05) is 13.2 Å². The number of nitrogens with zero attached hydrogens (tertiary/aromatic N) is 1. The maximum Gasteiger partial charge on any atom is 0.272 e. The fourth-order valence-corrected chi connectivity index (χ4v) is 2.05. The van der Waals surface area contributed by atoms with E-state index in [1.807, 2.05) is 30.3 Å². The molecule has 21 heavy (non-hydrogen) atoms. The van der Waals surface area contributed by atoms with Crippen molar-refractivity contribution in [1.29, 1.82) is 0 Å². The molecule has 0 fully saturated rings. The molecule has 2 aromatic rings. The van der Waals surface area contributed by atoms with E-state index in [2.05, 4.69) is 24.1 Å². The standard InChI is InChI=1S/C16H20F2N2O/c1-11(2)8-19-9-13-7-12-5-3-4-6-14(12)16(20-13)21-10-15(17)18/h3-7,11,15,19H,8-10H2,1-2H3. The van der Waals surface area contributed by atoms with E-state index in [1.54, 1.807) is 0 Å². The van der Waals surface area contributed by atoms with E-state index in [0.29, 0.717) is 12.5 Å². The van der Waals surface area contributed by atoms with Crippen molar-refractivity contribution in [3.8, 4) is 5.88 Å². The van der Waals surface area contributed by atoms with Gasteiger partial charge in [-0.25, -0.2) is 13.8 Å². The molecular formula is C16H20F2N2O. The number of benzene rings is 1. The Bertz CT molecular complexity index is 587. The lowest BCUT2D eigenvalue weighted by molar-refractivity contribution is 0.0803. The molecule has 1 N–H and O–H groups in total. The van der Waals surface area contributed by atoms with Crippen LogP contribution in [-0.2, 0) is 6.54 Å². The van der Waals surface area contributed by atoms with Gasteiger partial charge < -0.3 is 10.1 Å². The summed E-state index contributed by atoms with van der Waals surface area (Å²) >= 11 is 0. The van der Waals surface area contributed by atoms with E-state index in [1.165, 1.54) is 0 Å². The number of hydrogen-bond donors (Lipinski definition) is 1. The smallest absolute Gasteiger partial charge is 0.272 e. The molecular weight excluding hydrogens is 274 g/mol. The second-order valence-electron chi connectivity index (χ2n) is 5.37. The summed E-state index contributed by atoms with van der Waals surface area (Å²) in [6.07, 6.45) is -2.51. The van der Waals surface area contributed by atoms with Crippen LogP contribution in [0.4, 0.5) is 8.78 Å². The Morgan fingerprint density at radius 2 is 2.00 bits per heavy atom. The molecule has 0 unspecified atom stereocenters. The highest BCUT2D eigenvalue weighted by atomic mass is 19.3. The van der Waals surface area contributed by atoms with E-state index in [-0.39, 0.29) is 5.88 Å². The molecule has 0 atom stereocenters. The highest BCUT2D eigenvalue weighted by molar-refractivity contribution is 5.87. The van der Waals surface area contributed by atoms with Crippen molar-refractivity contribution < 1.29 is 13.5 Å². The van der Waals surface area contributed by atoms with Gasteiger partial charge in [0.1, 0.15) is 0 Å². The third-order valence-corrected chi connectivity index (χ3v) is 2.96. The fraction of sp³-hybridized carbons (Fsp3) is 0.438. The zero-order valence-electron chi connectivity index (χ0n) is 12.3. The zero-order valence-corrected chi connectivity index (χ0v) is 12.3. The summed E-state index contributed by atoms with van der Waals surface area (Å²) in [6.45, 7) is 5.08. The van der Waals surface area contributed by atoms with Crippen molar-refractivity contribution >= 4 is 10.8 Å². The molecule has 1 heterocycles. The molecule has 1 aromatic heterocycles. The van der Waals surface area contributed by atoms with Crippen LogP contribution < -0.4 is 10.1 Å². The maximum atomic E-state index is 12.3. The van der Waals surface area contributed by atoms with Crippen LogP contribution in [0.2, 0.25) is 0 Å². The zero-order chi connectivity index (χ0) is 15.2. The largest absolute Gasteiger partial charge is 0.471 e. The number of aromatic nitrogens is 1. The predicted octanol–water partition coefficient (Wildman–Crippen LogP) is 3.62. The molecule has 0 spiro atoms. The number of pyridine rings is 1. The van der Waals surface area contributed by atoms with Crippen LogP contribution in [0.3, 0.4) is 0 Å².